The zero-order chi connectivity index (χ0) is 18.2. The van der Waals surface area contributed by atoms with E-state index in [0.29, 0.717) is 0 Å². The Morgan fingerprint density at radius 2 is 1.19 bits per heavy atom. The number of benzene rings is 4. The van der Waals surface area contributed by atoms with Crippen LogP contribution in [0.3, 0.4) is 0 Å². The molecule has 1 heteroatoms. The van der Waals surface area contributed by atoms with E-state index < -0.39 is 0 Å². The predicted octanol–water partition coefficient (Wildman–Crippen LogP) is 6.69. The van der Waals surface area contributed by atoms with Gasteiger partial charge in [0.25, 0.3) is 0 Å². The molecule has 4 aromatic rings. The molecule has 0 bridgehead atoms. The van der Waals surface area contributed by atoms with Gasteiger partial charge in [0.05, 0.1) is 0 Å². The van der Waals surface area contributed by atoms with Gasteiger partial charge in [-0.1, -0.05) is 72.8 Å². The Kier molecular flexibility index (Phi) is 3.79. The lowest BCUT2D eigenvalue weighted by Gasteiger charge is -2.20. The lowest BCUT2D eigenvalue weighted by molar-refractivity contribution is 1.21. The van der Waals surface area contributed by atoms with Gasteiger partial charge in [-0.15, -0.1) is 0 Å². The Labute approximate surface area is 160 Å². The van der Waals surface area contributed by atoms with E-state index in [-0.39, 0.29) is 0 Å². The van der Waals surface area contributed by atoms with Gasteiger partial charge in [0.1, 0.15) is 0 Å². The van der Waals surface area contributed by atoms with Crippen molar-refractivity contribution in [3.8, 4) is 22.3 Å². The molecule has 0 spiro atoms. The first kappa shape index (κ1) is 15.9. The maximum Gasteiger partial charge on any atom is 0.0408 e. The molecule has 0 fully saturated rings. The van der Waals surface area contributed by atoms with E-state index in [0.717, 1.165) is 6.42 Å². The fourth-order valence-corrected chi connectivity index (χ4v) is 4.09. The number of nitrogens with zero attached hydrogens (tertiary/aromatic N) is 1. The third-order valence-corrected chi connectivity index (χ3v) is 5.53. The summed E-state index contributed by atoms with van der Waals surface area (Å²) in [6, 6.07) is 34.8. The zero-order valence-electron chi connectivity index (χ0n) is 15.4. The van der Waals surface area contributed by atoms with Crippen molar-refractivity contribution in [3.05, 3.63) is 108 Å². The van der Waals surface area contributed by atoms with E-state index in [2.05, 4.69) is 103 Å². The van der Waals surface area contributed by atoms with Crippen LogP contribution in [0.1, 0.15) is 11.1 Å². The van der Waals surface area contributed by atoms with Gasteiger partial charge in [-0.3, -0.25) is 0 Å². The van der Waals surface area contributed by atoms with E-state index >= 15 is 0 Å². The molecule has 0 radical (unpaired) electrons. The van der Waals surface area contributed by atoms with Gasteiger partial charge in [0.2, 0.25) is 0 Å². The second-order valence-corrected chi connectivity index (χ2v) is 7.12. The van der Waals surface area contributed by atoms with Crippen molar-refractivity contribution in [2.24, 2.45) is 0 Å². The fourth-order valence-electron chi connectivity index (χ4n) is 4.09. The highest BCUT2D eigenvalue weighted by Gasteiger charge is 2.21. The molecule has 0 N–H and O–H groups in total. The Morgan fingerprint density at radius 1 is 0.556 bits per heavy atom. The molecule has 5 rings (SSSR count). The van der Waals surface area contributed by atoms with Crippen LogP contribution in [-0.2, 0) is 6.42 Å². The van der Waals surface area contributed by atoms with E-state index in [1.165, 1.54) is 44.8 Å². The lowest BCUT2D eigenvalue weighted by atomic mass is 9.94. The van der Waals surface area contributed by atoms with Crippen molar-refractivity contribution >= 4 is 11.4 Å². The molecule has 130 valence electrons. The van der Waals surface area contributed by atoms with Crippen molar-refractivity contribution in [3.63, 3.8) is 0 Å². The monoisotopic (exact) mass is 347 g/mol. The topological polar surface area (TPSA) is 3.24 Å². The van der Waals surface area contributed by atoms with Crippen LogP contribution in [0.5, 0.6) is 0 Å². The average Bonchev–Trinajstić information content (AvgIpc) is 3.13. The van der Waals surface area contributed by atoms with Crippen molar-refractivity contribution in [1.29, 1.82) is 0 Å². The minimum atomic E-state index is 1.04. The van der Waals surface area contributed by atoms with Gasteiger partial charge in [-0.25, -0.2) is 0 Å². The van der Waals surface area contributed by atoms with E-state index in [4.69, 9.17) is 0 Å². The summed E-state index contributed by atoms with van der Waals surface area (Å²) in [6.45, 7) is 0. The summed E-state index contributed by atoms with van der Waals surface area (Å²) < 4.78 is 0. The number of rotatable bonds is 3. The Morgan fingerprint density at radius 3 is 2.00 bits per heavy atom. The molecule has 0 amide bonds. The summed E-state index contributed by atoms with van der Waals surface area (Å²) in [4.78, 5) is 2.22. The molecule has 0 aliphatic heterocycles. The van der Waals surface area contributed by atoms with Crippen LogP contribution in [-0.4, -0.2) is 7.05 Å². The van der Waals surface area contributed by atoms with Gasteiger partial charge in [-0.05, 0) is 64.1 Å². The molecular weight excluding hydrogens is 326 g/mol. The quantitative estimate of drug-likeness (QED) is 0.351. The highest BCUT2D eigenvalue weighted by atomic mass is 15.1. The largest absolute Gasteiger partial charge is 0.345 e. The van der Waals surface area contributed by atoms with Crippen LogP contribution in [0.4, 0.5) is 11.4 Å². The smallest absolute Gasteiger partial charge is 0.0408 e. The van der Waals surface area contributed by atoms with Crippen molar-refractivity contribution < 1.29 is 0 Å². The van der Waals surface area contributed by atoms with Gasteiger partial charge >= 0.3 is 0 Å². The highest BCUT2D eigenvalue weighted by molar-refractivity contribution is 5.90. The number of hydrogen-bond donors (Lipinski definition) is 0. The summed E-state index contributed by atoms with van der Waals surface area (Å²) >= 11 is 0. The molecule has 1 nitrogen and oxygen atoms in total. The SMILES string of the molecule is CN(c1ccccc1)c1ccc(-c2cccc3c2-c2ccccc2C3)cc1. The number of para-hydroxylation sites is 1. The molecule has 1 aliphatic rings. The van der Waals surface area contributed by atoms with Crippen molar-refractivity contribution in [2.75, 3.05) is 11.9 Å². The predicted molar refractivity (Wildman–Crippen MR) is 115 cm³/mol. The number of anilines is 2. The van der Waals surface area contributed by atoms with Gasteiger partial charge < -0.3 is 4.90 Å². The Hall–Kier alpha value is -3.32. The first-order chi connectivity index (χ1) is 13.3. The molecule has 0 unspecified atom stereocenters. The molecule has 27 heavy (non-hydrogen) atoms. The molecular formula is C26H21N. The Bertz CT molecular complexity index is 1090. The highest BCUT2D eigenvalue weighted by Crippen LogP contribution is 2.43. The van der Waals surface area contributed by atoms with Gasteiger partial charge in [0.15, 0.2) is 0 Å². The maximum atomic E-state index is 2.26. The minimum Gasteiger partial charge on any atom is -0.345 e. The van der Waals surface area contributed by atoms with E-state index in [9.17, 15) is 0 Å². The van der Waals surface area contributed by atoms with Crippen LogP contribution in [0.25, 0.3) is 22.3 Å². The van der Waals surface area contributed by atoms with Gasteiger partial charge in [-0.2, -0.15) is 0 Å². The summed E-state index contributed by atoms with van der Waals surface area (Å²) in [5.41, 5.74) is 10.6. The van der Waals surface area contributed by atoms with Crippen LogP contribution < -0.4 is 4.90 Å². The average molecular weight is 347 g/mol. The van der Waals surface area contributed by atoms with Crippen LogP contribution >= 0.6 is 0 Å². The molecule has 1 aliphatic carbocycles. The Balaban J connectivity index is 1.54. The maximum absolute atomic E-state index is 2.26. The number of fused-ring (bicyclic) bond motifs is 3. The lowest BCUT2D eigenvalue weighted by Crippen LogP contribution is -2.08. The standard InChI is InChI=1S/C26H21N/c1-27(22-10-3-2-4-11-22)23-16-14-19(15-17-23)24-13-7-9-21-18-20-8-5-6-12-25(20)26(21)24/h2-17H,18H2,1H3. The van der Waals surface area contributed by atoms with E-state index in [1.54, 1.807) is 0 Å². The molecule has 0 heterocycles. The second-order valence-electron chi connectivity index (χ2n) is 7.12. The minimum absolute atomic E-state index is 1.04. The second kappa shape index (κ2) is 6.44. The third kappa shape index (κ3) is 2.72. The van der Waals surface area contributed by atoms with Gasteiger partial charge in [0, 0.05) is 18.4 Å². The van der Waals surface area contributed by atoms with Crippen LogP contribution in [0, 0.1) is 0 Å². The zero-order valence-corrected chi connectivity index (χ0v) is 15.4. The van der Waals surface area contributed by atoms with Crippen LogP contribution in [0.2, 0.25) is 0 Å². The van der Waals surface area contributed by atoms with Crippen molar-refractivity contribution in [2.45, 2.75) is 6.42 Å². The van der Waals surface area contributed by atoms with Crippen LogP contribution in [0.15, 0.2) is 97.1 Å². The van der Waals surface area contributed by atoms with E-state index in [1.807, 2.05) is 6.07 Å². The first-order valence-electron chi connectivity index (χ1n) is 9.40. The molecule has 0 atom stereocenters. The third-order valence-electron chi connectivity index (χ3n) is 5.53. The van der Waals surface area contributed by atoms with Crippen molar-refractivity contribution in [1.82, 2.24) is 0 Å². The first-order valence-corrected chi connectivity index (χ1v) is 9.40. The number of hydrogen-bond acceptors (Lipinski definition) is 1. The summed E-state index contributed by atoms with van der Waals surface area (Å²) in [5, 5.41) is 0. The molecule has 4 aromatic carbocycles. The summed E-state index contributed by atoms with van der Waals surface area (Å²) in [5.74, 6) is 0. The summed E-state index contributed by atoms with van der Waals surface area (Å²) in [6.07, 6.45) is 1.04. The fraction of sp³-hybridized carbons (Fsp3) is 0.0769. The molecule has 0 aromatic heterocycles. The normalized spacial score (nSPS) is 11.7. The summed E-state index contributed by atoms with van der Waals surface area (Å²) in [7, 11) is 2.11. The molecule has 0 saturated carbocycles. The molecule has 0 saturated heterocycles.